The molecule has 0 aliphatic rings. The van der Waals surface area contributed by atoms with E-state index in [1.54, 1.807) is 12.1 Å². The summed E-state index contributed by atoms with van der Waals surface area (Å²) in [5.41, 5.74) is 0.331. The number of unbranched alkanes of at least 4 members (excludes halogenated alkanes) is 1. The summed E-state index contributed by atoms with van der Waals surface area (Å²) < 4.78 is 5.03. The Morgan fingerprint density at radius 2 is 2.00 bits per heavy atom. The third-order valence-electron chi connectivity index (χ3n) is 1.91. The lowest BCUT2D eigenvalue weighted by Crippen LogP contribution is -2.07. The Bertz CT molecular complexity index is 366. The lowest BCUT2D eigenvalue weighted by Gasteiger charge is -2.05. The van der Waals surface area contributed by atoms with E-state index in [1.807, 2.05) is 0 Å². The van der Waals surface area contributed by atoms with E-state index in [1.165, 1.54) is 6.07 Å². The summed E-state index contributed by atoms with van der Waals surface area (Å²) in [5, 5.41) is 0.790. The zero-order valence-corrected chi connectivity index (χ0v) is 10.8. The van der Waals surface area contributed by atoms with Crippen LogP contribution in [0.5, 0.6) is 0 Å². The van der Waals surface area contributed by atoms with Gasteiger partial charge in [0.15, 0.2) is 0 Å². The molecule has 16 heavy (non-hydrogen) atoms. The summed E-state index contributed by atoms with van der Waals surface area (Å²) in [6.45, 7) is 0.352. The van der Waals surface area contributed by atoms with Gasteiger partial charge in [0.1, 0.15) is 0 Å². The van der Waals surface area contributed by atoms with Crippen LogP contribution >= 0.6 is 34.8 Å². The highest BCUT2D eigenvalue weighted by atomic mass is 35.5. The van der Waals surface area contributed by atoms with Crippen LogP contribution in [0.1, 0.15) is 23.2 Å². The van der Waals surface area contributed by atoms with Crippen molar-refractivity contribution in [3.8, 4) is 0 Å². The summed E-state index contributed by atoms with van der Waals surface area (Å²) in [5.74, 6) is 0.135. The van der Waals surface area contributed by atoms with E-state index >= 15 is 0 Å². The molecule has 0 bridgehead atoms. The second-order valence-corrected chi connectivity index (χ2v) is 4.38. The van der Waals surface area contributed by atoms with Crippen molar-refractivity contribution in [2.75, 3.05) is 12.5 Å². The quantitative estimate of drug-likeness (QED) is 0.460. The number of alkyl halides is 1. The average molecular weight is 282 g/mol. The highest BCUT2D eigenvalue weighted by molar-refractivity contribution is 6.36. The average Bonchev–Trinajstić information content (AvgIpc) is 2.24. The third kappa shape index (κ3) is 4.20. The molecule has 0 aromatic heterocycles. The molecule has 1 aromatic carbocycles. The summed E-state index contributed by atoms with van der Waals surface area (Å²) in [6, 6.07) is 4.66. The van der Waals surface area contributed by atoms with Gasteiger partial charge in [0.2, 0.25) is 0 Å². The van der Waals surface area contributed by atoms with Crippen LogP contribution in [0.2, 0.25) is 10.0 Å². The molecule has 0 spiro atoms. The maximum Gasteiger partial charge on any atom is 0.339 e. The molecule has 0 atom stereocenters. The fourth-order valence-electron chi connectivity index (χ4n) is 1.09. The van der Waals surface area contributed by atoms with Gasteiger partial charge < -0.3 is 4.74 Å². The van der Waals surface area contributed by atoms with Crippen molar-refractivity contribution in [3.05, 3.63) is 33.8 Å². The van der Waals surface area contributed by atoms with E-state index in [0.717, 1.165) is 12.8 Å². The largest absolute Gasteiger partial charge is 0.462 e. The first-order valence-electron chi connectivity index (χ1n) is 4.83. The van der Waals surface area contributed by atoms with Crippen molar-refractivity contribution in [1.82, 2.24) is 0 Å². The summed E-state index contributed by atoms with van der Waals surface area (Å²) >= 11 is 17.1. The number of hydrogen-bond donors (Lipinski definition) is 0. The molecule has 0 amide bonds. The standard InChI is InChI=1S/C11H11Cl3O2/c12-5-1-2-6-16-11(15)9-4-3-8(13)7-10(9)14/h3-4,7H,1-2,5-6H2. The number of carbonyl (C=O) groups is 1. The molecular weight excluding hydrogens is 270 g/mol. The SMILES string of the molecule is O=C(OCCCCCl)c1ccc(Cl)cc1Cl. The van der Waals surface area contributed by atoms with Crippen LogP contribution < -0.4 is 0 Å². The molecule has 1 rings (SSSR count). The van der Waals surface area contributed by atoms with Gasteiger partial charge in [0, 0.05) is 10.9 Å². The molecule has 1 aromatic rings. The van der Waals surface area contributed by atoms with Crippen LogP contribution in [0, 0.1) is 0 Å². The van der Waals surface area contributed by atoms with E-state index in [4.69, 9.17) is 39.5 Å². The third-order valence-corrected chi connectivity index (χ3v) is 2.73. The lowest BCUT2D eigenvalue weighted by molar-refractivity contribution is 0.0500. The van der Waals surface area contributed by atoms with E-state index in [-0.39, 0.29) is 0 Å². The van der Waals surface area contributed by atoms with Gasteiger partial charge in [-0.1, -0.05) is 23.2 Å². The van der Waals surface area contributed by atoms with E-state index in [0.29, 0.717) is 28.1 Å². The predicted molar refractivity (Wildman–Crippen MR) is 66.7 cm³/mol. The summed E-state index contributed by atoms with van der Waals surface area (Å²) in [4.78, 5) is 11.6. The Hall–Kier alpha value is -0.440. The Labute approximate surface area is 109 Å². The first-order valence-corrected chi connectivity index (χ1v) is 6.12. The van der Waals surface area contributed by atoms with E-state index in [2.05, 4.69) is 0 Å². The molecule has 0 heterocycles. The molecule has 2 nitrogen and oxygen atoms in total. The zero-order chi connectivity index (χ0) is 12.0. The molecule has 0 N–H and O–H groups in total. The van der Waals surface area contributed by atoms with Gasteiger partial charge in [-0.3, -0.25) is 0 Å². The lowest BCUT2D eigenvalue weighted by atomic mass is 10.2. The van der Waals surface area contributed by atoms with Crippen LogP contribution in [-0.4, -0.2) is 18.5 Å². The first-order chi connectivity index (χ1) is 7.65. The normalized spacial score (nSPS) is 10.2. The molecule has 0 aliphatic heterocycles. The topological polar surface area (TPSA) is 26.3 Å². The molecule has 0 unspecified atom stereocenters. The minimum absolute atomic E-state index is 0.301. The van der Waals surface area contributed by atoms with Crippen LogP contribution in [0.15, 0.2) is 18.2 Å². The Balaban J connectivity index is 2.53. The van der Waals surface area contributed by atoms with Gasteiger partial charge in [-0.2, -0.15) is 0 Å². The Kier molecular flexibility index (Phi) is 5.96. The number of halogens is 3. The predicted octanol–water partition coefficient (Wildman–Crippen LogP) is 4.17. The molecule has 5 heteroatoms. The van der Waals surface area contributed by atoms with Gasteiger partial charge in [0.05, 0.1) is 17.2 Å². The van der Waals surface area contributed by atoms with Gasteiger partial charge in [-0.05, 0) is 31.0 Å². The van der Waals surface area contributed by atoms with Crippen molar-refractivity contribution in [2.45, 2.75) is 12.8 Å². The maximum absolute atomic E-state index is 11.6. The number of esters is 1. The number of hydrogen-bond acceptors (Lipinski definition) is 2. The van der Waals surface area contributed by atoms with Crippen molar-refractivity contribution in [3.63, 3.8) is 0 Å². The van der Waals surface area contributed by atoms with E-state index < -0.39 is 5.97 Å². The molecule has 0 radical (unpaired) electrons. The van der Waals surface area contributed by atoms with Crippen LogP contribution in [-0.2, 0) is 4.74 Å². The minimum Gasteiger partial charge on any atom is -0.462 e. The molecule has 0 saturated heterocycles. The smallest absolute Gasteiger partial charge is 0.339 e. The number of benzene rings is 1. The maximum atomic E-state index is 11.6. The van der Waals surface area contributed by atoms with Crippen molar-refractivity contribution in [2.24, 2.45) is 0 Å². The fourth-order valence-corrected chi connectivity index (χ4v) is 1.77. The molecule has 0 aliphatic carbocycles. The zero-order valence-electron chi connectivity index (χ0n) is 8.51. The molecule has 0 saturated carbocycles. The van der Waals surface area contributed by atoms with E-state index in [9.17, 15) is 4.79 Å². The Morgan fingerprint density at radius 1 is 1.25 bits per heavy atom. The van der Waals surface area contributed by atoms with Gasteiger partial charge >= 0.3 is 5.97 Å². The molecule has 88 valence electrons. The monoisotopic (exact) mass is 280 g/mol. The summed E-state index contributed by atoms with van der Waals surface area (Å²) in [7, 11) is 0. The van der Waals surface area contributed by atoms with Crippen LogP contribution in [0.25, 0.3) is 0 Å². The highest BCUT2D eigenvalue weighted by Crippen LogP contribution is 2.21. The van der Waals surface area contributed by atoms with Crippen molar-refractivity contribution >= 4 is 40.8 Å². The molecular formula is C11H11Cl3O2. The van der Waals surface area contributed by atoms with Crippen molar-refractivity contribution < 1.29 is 9.53 Å². The number of carbonyl (C=O) groups excluding carboxylic acids is 1. The number of ether oxygens (including phenoxy) is 1. The Morgan fingerprint density at radius 3 is 2.62 bits per heavy atom. The van der Waals surface area contributed by atoms with Crippen LogP contribution in [0.3, 0.4) is 0 Å². The van der Waals surface area contributed by atoms with Crippen molar-refractivity contribution in [1.29, 1.82) is 0 Å². The second kappa shape index (κ2) is 7.00. The van der Waals surface area contributed by atoms with Gasteiger partial charge in [0.25, 0.3) is 0 Å². The first kappa shape index (κ1) is 13.6. The minimum atomic E-state index is -0.434. The highest BCUT2D eigenvalue weighted by Gasteiger charge is 2.11. The van der Waals surface area contributed by atoms with Gasteiger partial charge in [-0.25, -0.2) is 4.79 Å². The van der Waals surface area contributed by atoms with Crippen LogP contribution in [0.4, 0.5) is 0 Å². The fraction of sp³-hybridized carbons (Fsp3) is 0.364. The van der Waals surface area contributed by atoms with Gasteiger partial charge in [-0.15, -0.1) is 11.6 Å². The second-order valence-electron chi connectivity index (χ2n) is 3.16. The molecule has 0 fully saturated rings. The summed E-state index contributed by atoms with van der Waals surface area (Å²) in [6.07, 6.45) is 1.57. The number of rotatable bonds is 5.